The number of nitrogens with one attached hydrogen (secondary N) is 1. The molecular formula is C16H24N2O3. The van der Waals surface area contributed by atoms with Gasteiger partial charge in [0.2, 0.25) is 0 Å². The van der Waals surface area contributed by atoms with Crippen LogP contribution in [0.1, 0.15) is 18.4 Å². The van der Waals surface area contributed by atoms with E-state index in [-0.39, 0.29) is 12.6 Å². The second-order valence-corrected chi connectivity index (χ2v) is 5.46. The van der Waals surface area contributed by atoms with Crippen molar-refractivity contribution in [1.82, 2.24) is 10.2 Å². The van der Waals surface area contributed by atoms with Crippen LogP contribution in [0.15, 0.2) is 24.3 Å². The van der Waals surface area contributed by atoms with Gasteiger partial charge in [-0.05, 0) is 37.3 Å². The highest BCUT2D eigenvalue weighted by Gasteiger charge is 2.21. The number of aliphatic hydroxyl groups excluding tert-OH is 1. The standard InChI is InChI=1S/C16H24N2O3/c1-13-4-2-3-5-15(13)21-11-8-17-16(20)18-9-6-14(12-19)7-10-18/h2-5,14,19H,6-12H2,1H3,(H,17,20). The van der Waals surface area contributed by atoms with Crippen molar-refractivity contribution in [3.63, 3.8) is 0 Å². The molecule has 0 aliphatic carbocycles. The zero-order valence-electron chi connectivity index (χ0n) is 12.5. The molecule has 1 fully saturated rings. The number of aliphatic hydroxyl groups is 1. The molecule has 5 nitrogen and oxygen atoms in total. The van der Waals surface area contributed by atoms with Crippen LogP contribution in [-0.2, 0) is 0 Å². The molecule has 1 aromatic rings. The van der Waals surface area contributed by atoms with Gasteiger partial charge in [-0.25, -0.2) is 4.79 Å². The molecule has 1 aliphatic heterocycles. The minimum Gasteiger partial charge on any atom is -0.491 e. The second-order valence-electron chi connectivity index (χ2n) is 5.46. The van der Waals surface area contributed by atoms with Crippen LogP contribution in [0.25, 0.3) is 0 Å². The van der Waals surface area contributed by atoms with Crippen LogP contribution >= 0.6 is 0 Å². The normalized spacial score (nSPS) is 15.8. The maximum Gasteiger partial charge on any atom is 0.317 e. The Morgan fingerprint density at radius 3 is 2.76 bits per heavy atom. The van der Waals surface area contributed by atoms with Crippen LogP contribution in [0.2, 0.25) is 0 Å². The Morgan fingerprint density at radius 2 is 2.10 bits per heavy atom. The Morgan fingerprint density at radius 1 is 1.38 bits per heavy atom. The van der Waals surface area contributed by atoms with Gasteiger partial charge in [0.05, 0.1) is 6.54 Å². The van der Waals surface area contributed by atoms with Crippen molar-refractivity contribution in [2.45, 2.75) is 19.8 Å². The largest absolute Gasteiger partial charge is 0.491 e. The topological polar surface area (TPSA) is 61.8 Å². The summed E-state index contributed by atoms with van der Waals surface area (Å²) in [7, 11) is 0. The molecule has 2 rings (SSSR count). The molecule has 0 aromatic heterocycles. The molecule has 5 heteroatoms. The summed E-state index contributed by atoms with van der Waals surface area (Å²) < 4.78 is 5.64. The first-order chi connectivity index (χ1) is 10.2. The number of ether oxygens (including phenoxy) is 1. The van der Waals surface area contributed by atoms with Crippen LogP contribution in [-0.4, -0.2) is 48.9 Å². The Labute approximate surface area is 125 Å². The van der Waals surface area contributed by atoms with Gasteiger partial charge in [0, 0.05) is 19.7 Å². The average Bonchev–Trinajstić information content (AvgIpc) is 2.53. The van der Waals surface area contributed by atoms with E-state index < -0.39 is 0 Å². The van der Waals surface area contributed by atoms with E-state index in [4.69, 9.17) is 9.84 Å². The van der Waals surface area contributed by atoms with E-state index in [0.29, 0.717) is 19.1 Å². The summed E-state index contributed by atoms with van der Waals surface area (Å²) in [5, 5.41) is 12.0. The number of hydrogen-bond donors (Lipinski definition) is 2. The third-order valence-corrected chi connectivity index (χ3v) is 3.89. The third-order valence-electron chi connectivity index (χ3n) is 3.89. The van der Waals surface area contributed by atoms with E-state index in [1.807, 2.05) is 31.2 Å². The van der Waals surface area contributed by atoms with Gasteiger partial charge in [-0.1, -0.05) is 18.2 Å². The van der Waals surface area contributed by atoms with Gasteiger partial charge in [-0.15, -0.1) is 0 Å². The fourth-order valence-electron chi connectivity index (χ4n) is 2.47. The first kappa shape index (κ1) is 15.6. The Bertz CT molecular complexity index is 457. The van der Waals surface area contributed by atoms with Gasteiger partial charge >= 0.3 is 6.03 Å². The molecule has 116 valence electrons. The SMILES string of the molecule is Cc1ccccc1OCCNC(=O)N1CCC(CO)CC1. The Kier molecular flexibility index (Phi) is 5.87. The number of rotatable bonds is 5. The number of likely N-dealkylation sites (tertiary alicyclic amines) is 1. The molecule has 2 amide bonds. The van der Waals surface area contributed by atoms with Gasteiger partial charge in [0.15, 0.2) is 0 Å². The van der Waals surface area contributed by atoms with E-state index in [9.17, 15) is 4.79 Å². The average molecular weight is 292 g/mol. The molecule has 0 saturated carbocycles. The van der Waals surface area contributed by atoms with E-state index in [2.05, 4.69) is 5.32 Å². The number of benzene rings is 1. The van der Waals surface area contributed by atoms with Gasteiger partial charge in [-0.2, -0.15) is 0 Å². The number of hydrogen-bond acceptors (Lipinski definition) is 3. The zero-order chi connectivity index (χ0) is 15.1. The van der Waals surface area contributed by atoms with Crippen molar-refractivity contribution in [3.05, 3.63) is 29.8 Å². The predicted molar refractivity (Wildman–Crippen MR) is 81.5 cm³/mol. The number of carbonyl (C=O) groups excluding carboxylic acids is 1. The zero-order valence-corrected chi connectivity index (χ0v) is 12.5. The molecule has 21 heavy (non-hydrogen) atoms. The van der Waals surface area contributed by atoms with Crippen molar-refractivity contribution in [2.24, 2.45) is 5.92 Å². The Balaban J connectivity index is 1.65. The molecule has 1 heterocycles. The maximum absolute atomic E-state index is 12.0. The fourth-order valence-corrected chi connectivity index (χ4v) is 2.47. The van der Waals surface area contributed by atoms with Crippen LogP contribution < -0.4 is 10.1 Å². The molecule has 0 spiro atoms. The fraction of sp³-hybridized carbons (Fsp3) is 0.562. The molecular weight excluding hydrogens is 268 g/mol. The number of para-hydroxylation sites is 1. The summed E-state index contributed by atoms with van der Waals surface area (Å²) in [5.41, 5.74) is 1.09. The van der Waals surface area contributed by atoms with Gasteiger partial charge < -0.3 is 20.1 Å². The lowest BCUT2D eigenvalue weighted by Gasteiger charge is -2.31. The maximum atomic E-state index is 12.0. The summed E-state index contributed by atoms with van der Waals surface area (Å²) in [6, 6.07) is 7.79. The lowest BCUT2D eigenvalue weighted by Crippen LogP contribution is -2.45. The molecule has 1 aliphatic rings. The summed E-state index contributed by atoms with van der Waals surface area (Å²) in [5.74, 6) is 1.20. The van der Waals surface area contributed by atoms with Crippen LogP contribution in [0.4, 0.5) is 4.79 Å². The van der Waals surface area contributed by atoms with Crippen molar-refractivity contribution in [2.75, 3.05) is 32.8 Å². The van der Waals surface area contributed by atoms with Crippen molar-refractivity contribution >= 4 is 6.03 Å². The highest BCUT2D eigenvalue weighted by Crippen LogP contribution is 2.17. The smallest absolute Gasteiger partial charge is 0.317 e. The predicted octanol–water partition coefficient (Wildman–Crippen LogP) is 1.79. The number of aryl methyl sites for hydroxylation is 1. The summed E-state index contributed by atoms with van der Waals surface area (Å²) in [4.78, 5) is 13.8. The van der Waals surface area contributed by atoms with E-state index in [0.717, 1.165) is 37.2 Å². The summed E-state index contributed by atoms with van der Waals surface area (Å²) in [6.07, 6.45) is 1.76. The first-order valence-corrected chi connectivity index (χ1v) is 7.52. The molecule has 0 atom stereocenters. The number of amides is 2. The molecule has 0 radical (unpaired) electrons. The number of nitrogens with zero attached hydrogens (tertiary/aromatic N) is 1. The molecule has 0 unspecified atom stereocenters. The first-order valence-electron chi connectivity index (χ1n) is 7.52. The van der Waals surface area contributed by atoms with Crippen LogP contribution in [0, 0.1) is 12.8 Å². The molecule has 1 aromatic carbocycles. The number of piperidine rings is 1. The second kappa shape index (κ2) is 7.88. The highest BCUT2D eigenvalue weighted by atomic mass is 16.5. The molecule has 2 N–H and O–H groups in total. The van der Waals surface area contributed by atoms with Gasteiger partial charge in [0.25, 0.3) is 0 Å². The van der Waals surface area contributed by atoms with Crippen molar-refractivity contribution in [1.29, 1.82) is 0 Å². The monoisotopic (exact) mass is 292 g/mol. The third kappa shape index (κ3) is 4.63. The minimum atomic E-state index is -0.0419. The van der Waals surface area contributed by atoms with Crippen molar-refractivity contribution in [3.8, 4) is 5.75 Å². The van der Waals surface area contributed by atoms with E-state index in [1.54, 1.807) is 4.90 Å². The molecule has 0 bridgehead atoms. The summed E-state index contributed by atoms with van der Waals surface area (Å²) in [6.45, 7) is 4.61. The van der Waals surface area contributed by atoms with Crippen LogP contribution in [0.3, 0.4) is 0 Å². The summed E-state index contributed by atoms with van der Waals surface area (Å²) >= 11 is 0. The van der Waals surface area contributed by atoms with E-state index in [1.165, 1.54) is 0 Å². The highest BCUT2D eigenvalue weighted by molar-refractivity contribution is 5.74. The van der Waals surface area contributed by atoms with Gasteiger partial charge in [-0.3, -0.25) is 0 Å². The lowest BCUT2D eigenvalue weighted by molar-refractivity contribution is 0.136. The Hall–Kier alpha value is -1.75. The van der Waals surface area contributed by atoms with Crippen LogP contribution in [0.5, 0.6) is 5.75 Å². The van der Waals surface area contributed by atoms with E-state index >= 15 is 0 Å². The lowest BCUT2D eigenvalue weighted by atomic mass is 9.98. The number of carbonyl (C=O) groups is 1. The quantitative estimate of drug-likeness (QED) is 0.813. The molecule has 1 saturated heterocycles. The minimum absolute atomic E-state index is 0.0419. The number of urea groups is 1. The van der Waals surface area contributed by atoms with Crippen molar-refractivity contribution < 1.29 is 14.6 Å². The van der Waals surface area contributed by atoms with Gasteiger partial charge in [0.1, 0.15) is 12.4 Å².